The van der Waals surface area contributed by atoms with Crippen LogP contribution < -0.4 is 0 Å². The van der Waals surface area contributed by atoms with Crippen molar-refractivity contribution in [2.45, 2.75) is 17.7 Å². The molecule has 2 saturated carbocycles. The summed E-state index contributed by atoms with van der Waals surface area (Å²) in [5, 5.41) is 6.59. The van der Waals surface area contributed by atoms with Crippen LogP contribution in [0.3, 0.4) is 0 Å². The van der Waals surface area contributed by atoms with Gasteiger partial charge in [0.05, 0.1) is 5.41 Å². The second kappa shape index (κ2) is 3.82. The van der Waals surface area contributed by atoms with E-state index in [1.807, 2.05) is 18.5 Å². The molecule has 2 bridgehead atoms. The Morgan fingerprint density at radius 3 is 3.04 bits per heavy atom. The van der Waals surface area contributed by atoms with E-state index in [0.29, 0.717) is 17.7 Å². The van der Waals surface area contributed by atoms with E-state index in [1.54, 1.807) is 0 Å². The highest BCUT2D eigenvalue weighted by atomic mass is 35.5. The summed E-state index contributed by atoms with van der Waals surface area (Å²) in [6, 6.07) is 8.70. The first-order chi connectivity index (χ1) is 11.3. The maximum absolute atomic E-state index is 5.78. The maximum Gasteiger partial charge on any atom is 0.241 e. The topological polar surface area (TPSA) is 51.8 Å². The van der Waals surface area contributed by atoms with Crippen LogP contribution in [0, 0.1) is 11.8 Å². The number of hydrogen-bond donors (Lipinski definition) is 0. The number of hydrogen-bond acceptors (Lipinski definition) is 4. The summed E-state index contributed by atoms with van der Waals surface area (Å²) < 4.78 is 5.21. The highest BCUT2D eigenvalue weighted by Gasteiger charge is 2.89. The largest absolute Gasteiger partial charge is 0.338 e. The van der Waals surface area contributed by atoms with Crippen LogP contribution in [-0.4, -0.2) is 15.1 Å². The number of allylic oxidation sites excluding steroid dienone is 2. The van der Waals surface area contributed by atoms with Crippen LogP contribution in [0.15, 0.2) is 46.8 Å². The van der Waals surface area contributed by atoms with Crippen molar-refractivity contribution in [3.8, 4) is 0 Å². The lowest BCUT2D eigenvalue weighted by molar-refractivity contribution is 0.382. The third-order valence-corrected chi connectivity index (χ3v) is 5.96. The van der Waals surface area contributed by atoms with Crippen LogP contribution in [0.4, 0.5) is 0 Å². The lowest BCUT2D eigenvalue weighted by atomic mass is 10.0. The molecule has 112 valence electrons. The molecule has 1 aromatic carbocycles. The normalized spacial score (nSPS) is 30.0. The quantitative estimate of drug-likeness (QED) is 0.690. The molecule has 4 aliphatic carbocycles. The summed E-state index contributed by atoms with van der Waals surface area (Å²) in [5.74, 6) is 2.95. The van der Waals surface area contributed by atoms with Crippen molar-refractivity contribution in [3.63, 3.8) is 0 Å². The zero-order chi connectivity index (χ0) is 15.2. The molecule has 0 amide bonds. The Labute approximate surface area is 137 Å². The molecule has 2 heterocycles. The van der Waals surface area contributed by atoms with Crippen LogP contribution >= 0.6 is 11.6 Å². The fourth-order valence-electron chi connectivity index (χ4n) is 4.63. The number of rotatable bonds is 3. The lowest BCUT2D eigenvalue weighted by Crippen LogP contribution is -2.02. The monoisotopic (exact) mass is 321 g/mol. The third kappa shape index (κ3) is 1.33. The second-order valence-corrected chi connectivity index (χ2v) is 6.90. The first-order valence-corrected chi connectivity index (χ1v) is 8.34. The van der Waals surface area contributed by atoms with Crippen molar-refractivity contribution in [1.29, 1.82) is 0 Å². The highest BCUT2D eigenvalue weighted by Crippen LogP contribution is 2.90. The molecular formula is C18H12ClN3O. The van der Waals surface area contributed by atoms with Gasteiger partial charge in [-0.2, -0.15) is 4.98 Å². The molecule has 4 nitrogen and oxygen atoms in total. The standard InChI is InChI=1S/C18H12ClN3O/c19-7-14-21-17(22-23-14)18-13-6-12(15(18)16(13)18)10-2-1-9-3-4-20-8-11(9)5-10/h1-5,8,13,16H,6-7H2/t13-,16-,18+/m1/s1. The zero-order valence-electron chi connectivity index (χ0n) is 12.2. The Morgan fingerprint density at radius 1 is 1.26 bits per heavy atom. The Morgan fingerprint density at radius 2 is 2.22 bits per heavy atom. The molecule has 23 heavy (non-hydrogen) atoms. The summed E-state index contributed by atoms with van der Waals surface area (Å²) in [4.78, 5) is 8.70. The lowest BCUT2D eigenvalue weighted by Gasteiger charge is -2.03. The summed E-state index contributed by atoms with van der Waals surface area (Å²) in [6.07, 6.45) is 4.88. The number of pyridine rings is 1. The minimum atomic E-state index is 0.0903. The van der Waals surface area contributed by atoms with Gasteiger partial charge < -0.3 is 4.52 Å². The average Bonchev–Trinajstić information content (AvgIpc) is 3.18. The van der Waals surface area contributed by atoms with Gasteiger partial charge in [0, 0.05) is 23.7 Å². The maximum atomic E-state index is 5.78. The van der Waals surface area contributed by atoms with Gasteiger partial charge in [-0.05, 0) is 46.6 Å². The van der Waals surface area contributed by atoms with Crippen LogP contribution in [0.25, 0.3) is 16.3 Å². The number of alkyl halides is 1. The van der Waals surface area contributed by atoms with Crippen LogP contribution in [0.1, 0.15) is 23.7 Å². The van der Waals surface area contributed by atoms with Gasteiger partial charge >= 0.3 is 0 Å². The van der Waals surface area contributed by atoms with Crippen molar-refractivity contribution >= 4 is 27.9 Å². The first kappa shape index (κ1) is 12.3. The Hall–Kier alpha value is -2.20. The van der Waals surface area contributed by atoms with Crippen molar-refractivity contribution in [2.24, 2.45) is 11.8 Å². The highest BCUT2D eigenvalue weighted by molar-refractivity contribution is 6.16. The minimum Gasteiger partial charge on any atom is -0.338 e. The molecule has 0 aliphatic heterocycles. The Kier molecular flexibility index (Phi) is 2.03. The SMILES string of the molecule is ClCc1nc([C@]23C4=C(c5ccc6ccncc6c5)C[C@@H]2[C@H]43)no1. The minimum absolute atomic E-state index is 0.0903. The van der Waals surface area contributed by atoms with E-state index in [1.165, 1.54) is 27.5 Å². The molecule has 4 aliphatic rings. The van der Waals surface area contributed by atoms with Gasteiger partial charge in [0.25, 0.3) is 0 Å². The van der Waals surface area contributed by atoms with Gasteiger partial charge in [-0.25, -0.2) is 0 Å². The van der Waals surface area contributed by atoms with Crippen molar-refractivity contribution in [1.82, 2.24) is 15.1 Å². The summed E-state index contributed by atoms with van der Waals surface area (Å²) in [7, 11) is 0. The smallest absolute Gasteiger partial charge is 0.241 e. The van der Waals surface area contributed by atoms with E-state index in [-0.39, 0.29) is 11.3 Å². The predicted octanol–water partition coefficient (Wildman–Crippen LogP) is 3.71. The molecule has 0 unspecified atom stereocenters. The van der Waals surface area contributed by atoms with E-state index in [2.05, 4.69) is 33.3 Å². The van der Waals surface area contributed by atoms with Gasteiger partial charge in [0.15, 0.2) is 5.82 Å². The molecule has 7 rings (SSSR count). The predicted molar refractivity (Wildman–Crippen MR) is 85.8 cm³/mol. The fourth-order valence-corrected chi connectivity index (χ4v) is 4.74. The zero-order valence-corrected chi connectivity index (χ0v) is 12.9. The summed E-state index contributed by atoms with van der Waals surface area (Å²) >= 11 is 5.78. The number of halogens is 1. The van der Waals surface area contributed by atoms with Crippen molar-refractivity contribution in [3.05, 3.63) is 59.5 Å². The molecule has 2 fully saturated rings. The van der Waals surface area contributed by atoms with Gasteiger partial charge in [-0.15, -0.1) is 11.6 Å². The molecular weight excluding hydrogens is 310 g/mol. The molecule has 0 spiro atoms. The van der Waals surface area contributed by atoms with Gasteiger partial charge in [0.2, 0.25) is 5.89 Å². The number of aromatic nitrogens is 3. The molecule has 3 aromatic rings. The fraction of sp³-hybridized carbons (Fsp3) is 0.278. The number of fused-ring (bicyclic) bond motifs is 2. The van der Waals surface area contributed by atoms with Crippen molar-refractivity contribution < 1.29 is 4.52 Å². The van der Waals surface area contributed by atoms with E-state index >= 15 is 0 Å². The molecule has 0 radical (unpaired) electrons. The molecule has 0 N–H and O–H groups in total. The Balaban J connectivity index is 1.44. The molecule has 5 heteroatoms. The molecule has 0 saturated heterocycles. The van der Waals surface area contributed by atoms with Crippen LogP contribution in [-0.2, 0) is 11.3 Å². The number of benzene rings is 1. The first-order valence-electron chi connectivity index (χ1n) is 7.80. The van der Waals surface area contributed by atoms with E-state index in [4.69, 9.17) is 16.1 Å². The van der Waals surface area contributed by atoms with Gasteiger partial charge in [-0.1, -0.05) is 17.3 Å². The summed E-state index contributed by atoms with van der Waals surface area (Å²) in [5.41, 5.74) is 4.40. The molecule has 2 aromatic heterocycles. The van der Waals surface area contributed by atoms with Crippen LogP contribution in [0.2, 0.25) is 0 Å². The van der Waals surface area contributed by atoms with E-state index in [0.717, 1.165) is 12.2 Å². The van der Waals surface area contributed by atoms with Gasteiger partial charge in [0.1, 0.15) is 5.88 Å². The van der Waals surface area contributed by atoms with Gasteiger partial charge in [-0.3, -0.25) is 4.98 Å². The molecule has 3 atom stereocenters. The van der Waals surface area contributed by atoms with E-state index < -0.39 is 0 Å². The average molecular weight is 322 g/mol. The number of nitrogens with zero attached hydrogens (tertiary/aromatic N) is 3. The Bertz CT molecular complexity index is 1020. The third-order valence-electron chi connectivity index (χ3n) is 5.73. The van der Waals surface area contributed by atoms with E-state index in [9.17, 15) is 0 Å². The van der Waals surface area contributed by atoms with Crippen molar-refractivity contribution in [2.75, 3.05) is 0 Å². The van der Waals surface area contributed by atoms with Crippen LogP contribution in [0.5, 0.6) is 0 Å². The summed E-state index contributed by atoms with van der Waals surface area (Å²) in [6.45, 7) is 0. The second-order valence-electron chi connectivity index (χ2n) is 6.63.